The Morgan fingerprint density at radius 2 is 2.24 bits per heavy atom. The van der Waals surface area contributed by atoms with Crippen molar-refractivity contribution in [3.8, 4) is 0 Å². The predicted octanol–water partition coefficient (Wildman–Crippen LogP) is 1.09. The third-order valence-electron chi connectivity index (χ3n) is 2.61. The molecule has 1 aliphatic rings. The molecule has 1 aliphatic heterocycles. The minimum absolute atomic E-state index is 0.0930. The molecule has 2 rings (SSSR count). The minimum Gasteiger partial charge on any atom is -0.392 e. The average Bonchev–Trinajstić information content (AvgIpc) is 2.66. The predicted molar refractivity (Wildman–Crippen MR) is 76.6 cm³/mol. The summed E-state index contributed by atoms with van der Waals surface area (Å²) in [4.78, 5) is 5.34. The fraction of sp³-hybridized carbons (Fsp3) is 0.182. The van der Waals surface area contributed by atoms with E-state index in [1.165, 1.54) is 0 Å². The molecule has 0 fully saturated rings. The molecule has 1 aromatic rings. The number of benzene rings is 1. The summed E-state index contributed by atoms with van der Waals surface area (Å²) in [5, 5.41) is 18.4. The molecule has 6 heteroatoms. The molecule has 1 heterocycles. The molecule has 0 spiro atoms. The highest BCUT2D eigenvalue weighted by Crippen LogP contribution is 2.49. The van der Waals surface area contributed by atoms with Crippen LogP contribution in [-0.2, 0) is 11.0 Å². The van der Waals surface area contributed by atoms with E-state index in [1.54, 1.807) is 5.37 Å². The van der Waals surface area contributed by atoms with E-state index in [0.29, 0.717) is 4.38 Å². The second-order valence-electron chi connectivity index (χ2n) is 3.44. The number of fused-ring (bicyclic) bond motifs is 1. The standard InChI is InChI=1S/C11H14N2O2S2/c1-2-17(8-7-14)10-6-4-3-5-9(10)13-11(17)16(12)15/h2-6,8,14H,7,12H2,1H3. The van der Waals surface area contributed by atoms with Gasteiger partial charge in [0.2, 0.25) is 0 Å². The summed E-state index contributed by atoms with van der Waals surface area (Å²) in [7, 11) is -3.35. The van der Waals surface area contributed by atoms with Gasteiger partial charge in [-0.3, -0.25) is 0 Å². The topological polar surface area (TPSA) is 75.7 Å². The summed E-state index contributed by atoms with van der Waals surface area (Å²) in [6.07, 6.45) is 0. The Kier molecular flexibility index (Phi) is 3.48. The summed E-state index contributed by atoms with van der Waals surface area (Å²) in [6, 6.07) is 7.60. The van der Waals surface area contributed by atoms with Gasteiger partial charge in [0.15, 0.2) is 4.38 Å². The molecular formula is C11H14N2O2S2. The van der Waals surface area contributed by atoms with Gasteiger partial charge in [-0.1, -0.05) is 17.5 Å². The number of aliphatic hydroxyl groups is 1. The van der Waals surface area contributed by atoms with Crippen LogP contribution in [0.15, 0.2) is 34.2 Å². The molecule has 3 N–H and O–H groups in total. The lowest BCUT2D eigenvalue weighted by Crippen LogP contribution is -2.15. The Labute approximate surface area is 103 Å². The second-order valence-corrected chi connectivity index (χ2v) is 7.73. The maximum atomic E-state index is 11.6. The lowest BCUT2D eigenvalue weighted by atomic mass is 10.3. The molecule has 2 unspecified atom stereocenters. The molecule has 0 aliphatic carbocycles. The van der Waals surface area contributed by atoms with Gasteiger partial charge < -0.3 is 5.11 Å². The van der Waals surface area contributed by atoms with Crippen LogP contribution in [0.3, 0.4) is 0 Å². The van der Waals surface area contributed by atoms with Crippen LogP contribution in [0.4, 0.5) is 5.69 Å². The van der Waals surface area contributed by atoms with Crippen LogP contribution in [0.1, 0.15) is 6.92 Å². The highest BCUT2D eigenvalue weighted by Gasteiger charge is 2.26. The molecular weight excluding hydrogens is 256 g/mol. The molecule has 92 valence electrons. The van der Waals surface area contributed by atoms with Crippen molar-refractivity contribution in [1.29, 1.82) is 0 Å². The number of rotatable bonds is 1. The summed E-state index contributed by atoms with van der Waals surface area (Å²) in [6.45, 7) is 1.79. The molecule has 0 saturated carbocycles. The van der Waals surface area contributed by atoms with Crippen molar-refractivity contribution in [3.63, 3.8) is 0 Å². The van der Waals surface area contributed by atoms with Gasteiger partial charge in [-0.25, -0.2) is 14.3 Å². The van der Waals surface area contributed by atoms with Crippen molar-refractivity contribution >= 4 is 41.0 Å². The molecule has 0 amide bonds. The Balaban J connectivity index is 2.85. The molecule has 0 saturated heterocycles. The van der Waals surface area contributed by atoms with Gasteiger partial charge in [-0.15, -0.1) is 9.21 Å². The largest absolute Gasteiger partial charge is 0.392 e. The van der Waals surface area contributed by atoms with Crippen LogP contribution in [-0.4, -0.2) is 31.0 Å². The Bertz CT molecular complexity index is 626. The van der Waals surface area contributed by atoms with E-state index in [-0.39, 0.29) is 6.61 Å². The fourth-order valence-electron chi connectivity index (χ4n) is 1.89. The van der Waals surface area contributed by atoms with Gasteiger partial charge >= 0.3 is 0 Å². The number of nitrogens with two attached hydrogens (primary N) is 1. The molecule has 4 nitrogen and oxygen atoms in total. The lowest BCUT2D eigenvalue weighted by molar-refractivity contribution is 0.363. The summed E-state index contributed by atoms with van der Waals surface area (Å²) < 4.78 is 12.1. The summed E-state index contributed by atoms with van der Waals surface area (Å²) in [5.41, 5.74) is 0.791. The van der Waals surface area contributed by atoms with Crippen molar-refractivity contribution in [2.45, 2.75) is 11.8 Å². The van der Waals surface area contributed by atoms with Crippen LogP contribution in [0.5, 0.6) is 0 Å². The number of hydrogen-bond acceptors (Lipinski definition) is 3. The zero-order valence-corrected chi connectivity index (χ0v) is 11.0. The van der Waals surface area contributed by atoms with Crippen LogP contribution in [0.2, 0.25) is 0 Å². The smallest absolute Gasteiger partial charge is 0.170 e. The van der Waals surface area contributed by atoms with Crippen molar-refractivity contribution in [3.05, 3.63) is 24.3 Å². The third-order valence-corrected chi connectivity index (χ3v) is 7.53. The molecule has 0 aromatic heterocycles. The van der Waals surface area contributed by atoms with Crippen molar-refractivity contribution in [1.82, 2.24) is 0 Å². The van der Waals surface area contributed by atoms with Gasteiger partial charge in [0, 0.05) is 4.90 Å². The zero-order chi connectivity index (χ0) is 12.5. The van der Waals surface area contributed by atoms with E-state index in [0.717, 1.165) is 10.6 Å². The SMILES string of the molecule is CC=S1(=CCO)C(S(N)=O)=Nc2ccccc21. The number of aliphatic hydroxyl groups excluding tert-OH is 1. The molecule has 17 heavy (non-hydrogen) atoms. The second kappa shape index (κ2) is 4.73. The van der Waals surface area contributed by atoms with Crippen LogP contribution >= 0.6 is 9.21 Å². The van der Waals surface area contributed by atoms with Gasteiger partial charge in [-0.2, -0.15) is 0 Å². The number of hydrogen-bond donors (Lipinski definition) is 2. The molecule has 1 aromatic carbocycles. The zero-order valence-electron chi connectivity index (χ0n) is 9.37. The molecule has 0 radical (unpaired) electrons. The first-order valence-corrected chi connectivity index (χ1v) is 8.03. The van der Waals surface area contributed by atoms with Gasteiger partial charge in [0.1, 0.15) is 11.0 Å². The Morgan fingerprint density at radius 3 is 2.82 bits per heavy atom. The monoisotopic (exact) mass is 270 g/mol. The number of nitrogens with zero attached hydrogens (tertiary/aromatic N) is 1. The Morgan fingerprint density at radius 1 is 1.53 bits per heavy atom. The van der Waals surface area contributed by atoms with Crippen molar-refractivity contribution in [2.75, 3.05) is 6.61 Å². The summed E-state index contributed by atoms with van der Waals surface area (Å²) in [5.74, 6) is 0. The molecule has 0 bridgehead atoms. The first-order chi connectivity index (χ1) is 8.15. The minimum atomic E-state index is -1.72. The van der Waals surface area contributed by atoms with Crippen LogP contribution in [0, 0.1) is 0 Å². The van der Waals surface area contributed by atoms with E-state index < -0.39 is 20.2 Å². The van der Waals surface area contributed by atoms with E-state index >= 15 is 0 Å². The average molecular weight is 270 g/mol. The summed E-state index contributed by atoms with van der Waals surface area (Å²) >= 11 is 0. The van der Waals surface area contributed by atoms with Crippen LogP contribution in [0.25, 0.3) is 0 Å². The Hall–Kier alpha value is -0.950. The van der Waals surface area contributed by atoms with E-state index in [2.05, 4.69) is 4.99 Å². The quantitative estimate of drug-likeness (QED) is 0.592. The van der Waals surface area contributed by atoms with E-state index in [1.807, 2.05) is 36.6 Å². The van der Waals surface area contributed by atoms with Gasteiger partial charge in [0.25, 0.3) is 0 Å². The van der Waals surface area contributed by atoms with E-state index in [4.69, 9.17) is 5.14 Å². The fourth-order valence-corrected chi connectivity index (χ4v) is 6.33. The maximum absolute atomic E-state index is 11.6. The normalized spacial score (nSPS) is 23.8. The maximum Gasteiger partial charge on any atom is 0.170 e. The first-order valence-electron chi connectivity index (χ1n) is 5.06. The van der Waals surface area contributed by atoms with Gasteiger partial charge in [0.05, 0.1) is 12.3 Å². The molecule has 2 atom stereocenters. The van der Waals surface area contributed by atoms with E-state index in [9.17, 15) is 9.32 Å². The first kappa shape index (κ1) is 12.5. The number of para-hydroxylation sites is 1. The van der Waals surface area contributed by atoms with Crippen molar-refractivity contribution in [2.24, 2.45) is 10.1 Å². The number of aliphatic imine (C=N–C) groups is 1. The highest BCUT2D eigenvalue weighted by atomic mass is 32.3. The van der Waals surface area contributed by atoms with Crippen molar-refractivity contribution < 1.29 is 9.32 Å². The third kappa shape index (κ3) is 1.87. The van der Waals surface area contributed by atoms with Gasteiger partial charge in [-0.05, 0) is 24.4 Å². The lowest BCUT2D eigenvalue weighted by Gasteiger charge is -2.13. The van der Waals surface area contributed by atoms with Crippen LogP contribution < -0.4 is 5.14 Å². The highest BCUT2D eigenvalue weighted by molar-refractivity contribution is 8.51.